The molecule has 2 aliphatic rings. The first-order chi connectivity index (χ1) is 7.43. The quantitative estimate of drug-likeness (QED) is 0.668. The number of alkyl halides is 1. The molecule has 2 saturated carbocycles. The summed E-state index contributed by atoms with van der Waals surface area (Å²) < 4.78 is 13.6. The maximum Gasteiger partial charge on any atom is 0.237 e. The molecule has 2 fully saturated rings. The van der Waals surface area contributed by atoms with E-state index in [0.717, 1.165) is 0 Å². The summed E-state index contributed by atoms with van der Waals surface area (Å²) in [6, 6.07) is -0.678. The van der Waals surface area contributed by atoms with Gasteiger partial charge in [0.25, 0.3) is 0 Å². The monoisotopic (exact) mass is 228 g/mol. The lowest BCUT2D eigenvalue weighted by Crippen LogP contribution is -2.55. The first-order valence-corrected chi connectivity index (χ1v) is 5.61. The van der Waals surface area contributed by atoms with E-state index in [0.29, 0.717) is 6.29 Å². The fourth-order valence-corrected chi connectivity index (χ4v) is 3.09. The standard InChI is InChI=1S/C11H17FN2O2/c1-5-8-7(12)3-11(4-15,9(5)8)14-10(16)6(2)13/h4-9H,3,13H2,1-2H3,(H,14,16)/t5-,6-,7+,8+,9+,11+/m0/s1. The van der Waals surface area contributed by atoms with Gasteiger partial charge in [-0.25, -0.2) is 4.39 Å². The molecule has 0 radical (unpaired) electrons. The Morgan fingerprint density at radius 1 is 1.69 bits per heavy atom. The molecule has 0 bridgehead atoms. The molecule has 4 nitrogen and oxygen atoms in total. The van der Waals surface area contributed by atoms with E-state index in [4.69, 9.17) is 5.73 Å². The maximum absolute atomic E-state index is 13.6. The Morgan fingerprint density at radius 2 is 2.31 bits per heavy atom. The van der Waals surface area contributed by atoms with Crippen LogP contribution in [-0.2, 0) is 9.59 Å². The van der Waals surface area contributed by atoms with Crippen LogP contribution < -0.4 is 11.1 Å². The van der Waals surface area contributed by atoms with Crippen molar-refractivity contribution in [2.24, 2.45) is 23.5 Å². The molecule has 0 aliphatic heterocycles. The lowest BCUT2D eigenvalue weighted by atomic mass is 9.91. The van der Waals surface area contributed by atoms with Crippen molar-refractivity contribution in [1.82, 2.24) is 5.32 Å². The number of hydrogen-bond donors (Lipinski definition) is 2. The van der Waals surface area contributed by atoms with Gasteiger partial charge in [0.05, 0.1) is 6.04 Å². The maximum atomic E-state index is 13.6. The number of amides is 1. The molecule has 0 spiro atoms. The highest BCUT2D eigenvalue weighted by Gasteiger charge is 2.69. The molecule has 2 aliphatic carbocycles. The van der Waals surface area contributed by atoms with E-state index in [1.54, 1.807) is 6.92 Å². The SMILES string of the molecule is C[C@H]1[C@H]2[C@@H]1[C@@](C=O)(NC(=O)[C@H](C)N)C[C@H]2F. The summed E-state index contributed by atoms with van der Waals surface area (Å²) in [6.07, 6.45) is -0.207. The van der Waals surface area contributed by atoms with E-state index < -0.39 is 17.8 Å². The molecule has 0 aromatic carbocycles. The second kappa shape index (κ2) is 3.52. The van der Waals surface area contributed by atoms with Crippen molar-refractivity contribution in [3.63, 3.8) is 0 Å². The number of rotatable bonds is 3. The number of hydrogen-bond acceptors (Lipinski definition) is 3. The van der Waals surface area contributed by atoms with Crippen molar-refractivity contribution in [3.8, 4) is 0 Å². The summed E-state index contributed by atoms with van der Waals surface area (Å²) in [7, 11) is 0. The normalized spacial score (nSPS) is 47.0. The van der Waals surface area contributed by atoms with Gasteiger partial charge in [-0.3, -0.25) is 4.79 Å². The van der Waals surface area contributed by atoms with Crippen molar-refractivity contribution >= 4 is 12.2 Å². The van der Waals surface area contributed by atoms with Gasteiger partial charge in [-0.1, -0.05) is 6.92 Å². The highest BCUT2D eigenvalue weighted by atomic mass is 19.1. The van der Waals surface area contributed by atoms with E-state index >= 15 is 0 Å². The van der Waals surface area contributed by atoms with Gasteiger partial charge in [-0.2, -0.15) is 0 Å². The second-order valence-corrected chi connectivity index (χ2v) is 5.12. The highest BCUT2D eigenvalue weighted by molar-refractivity contribution is 5.86. The molecular weight excluding hydrogens is 211 g/mol. The van der Waals surface area contributed by atoms with Gasteiger partial charge in [0.1, 0.15) is 18.0 Å². The van der Waals surface area contributed by atoms with E-state index in [2.05, 4.69) is 5.32 Å². The van der Waals surface area contributed by atoms with Crippen LogP contribution in [0.25, 0.3) is 0 Å². The number of halogens is 1. The van der Waals surface area contributed by atoms with Crippen molar-refractivity contribution in [3.05, 3.63) is 0 Å². The summed E-state index contributed by atoms with van der Waals surface area (Å²) in [6.45, 7) is 3.46. The molecule has 3 N–H and O–H groups in total. The molecule has 16 heavy (non-hydrogen) atoms. The number of nitrogens with one attached hydrogen (secondary N) is 1. The first-order valence-electron chi connectivity index (χ1n) is 5.61. The van der Waals surface area contributed by atoms with Gasteiger partial charge >= 0.3 is 0 Å². The van der Waals surface area contributed by atoms with Crippen LogP contribution in [0, 0.1) is 17.8 Å². The van der Waals surface area contributed by atoms with Gasteiger partial charge in [-0.05, 0) is 24.7 Å². The third-order valence-corrected chi connectivity index (χ3v) is 3.97. The lowest BCUT2D eigenvalue weighted by Gasteiger charge is -2.28. The number of nitrogens with two attached hydrogens (primary N) is 1. The van der Waals surface area contributed by atoms with Gasteiger partial charge in [0.15, 0.2) is 0 Å². The third-order valence-electron chi connectivity index (χ3n) is 3.97. The molecule has 2 rings (SSSR count). The van der Waals surface area contributed by atoms with E-state index in [9.17, 15) is 14.0 Å². The molecule has 5 heteroatoms. The molecule has 1 amide bonds. The molecule has 0 unspecified atom stereocenters. The molecule has 6 atom stereocenters. The molecule has 90 valence electrons. The number of carbonyl (C=O) groups is 2. The van der Waals surface area contributed by atoms with Crippen LogP contribution in [0.1, 0.15) is 20.3 Å². The van der Waals surface area contributed by atoms with Gasteiger partial charge < -0.3 is 15.8 Å². The average molecular weight is 228 g/mol. The Balaban J connectivity index is 2.15. The lowest BCUT2D eigenvalue weighted by molar-refractivity contribution is -0.128. The Labute approximate surface area is 93.8 Å². The minimum absolute atomic E-state index is 0.0531. The van der Waals surface area contributed by atoms with Crippen LogP contribution in [0.3, 0.4) is 0 Å². The smallest absolute Gasteiger partial charge is 0.237 e. The van der Waals surface area contributed by atoms with Crippen molar-refractivity contribution in [1.29, 1.82) is 0 Å². The summed E-state index contributed by atoms with van der Waals surface area (Å²) in [5, 5.41) is 2.62. The predicted molar refractivity (Wildman–Crippen MR) is 56.2 cm³/mol. The highest BCUT2D eigenvalue weighted by Crippen LogP contribution is 2.62. The van der Waals surface area contributed by atoms with Crippen LogP contribution in [0.2, 0.25) is 0 Å². The second-order valence-electron chi connectivity index (χ2n) is 5.12. The number of aldehydes is 1. The summed E-state index contributed by atoms with van der Waals surface area (Å²) in [5.74, 6) is -0.345. The Bertz CT molecular complexity index is 334. The Hall–Kier alpha value is -0.970. The van der Waals surface area contributed by atoms with Gasteiger partial charge in [-0.15, -0.1) is 0 Å². The molecule has 0 aromatic rings. The first kappa shape index (κ1) is 11.5. The Kier molecular flexibility index (Phi) is 2.53. The van der Waals surface area contributed by atoms with Crippen LogP contribution in [-0.4, -0.2) is 29.9 Å². The van der Waals surface area contributed by atoms with Crippen molar-refractivity contribution in [2.45, 2.75) is 38.0 Å². The zero-order chi connectivity index (χ0) is 12.1. The van der Waals surface area contributed by atoms with E-state index in [1.165, 1.54) is 0 Å². The van der Waals surface area contributed by atoms with Crippen LogP contribution in [0.4, 0.5) is 4.39 Å². The number of fused-ring (bicyclic) bond motifs is 1. The molecular formula is C11H17FN2O2. The Morgan fingerprint density at radius 3 is 2.69 bits per heavy atom. The minimum Gasteiger partial charge on any atom is -0.342 e. The largest absolute Gasteiger partial charge is 0.342 e. The fourth-order valence-electron chi connectivity index (χ4n) is 3.09. The van der Waals surface area contributed by atoms with Crippen LogP contribution >= 0.6 is 0 Å². The number of carbonyl (C=O) groups excluding carboxylic acids is 2. The van der Waals surface area contributed by atoms with E-state index in [-0.39, 0.29) is 30.1 Å². The summed E-state index contributed by atoms with van der Waals surface area (Å²) >= 11 is 0. The molecule has 0 aromatic heterocycles. The summed E-state index contributed by atoms with van der Waals surface area (Å²) in [5.41, 5.74) is 4.41. The zero-order valence-corrected chi connectivity index (χ0v) is 9.44. The summed E-state index contributed by atoms with van der Waals surface area (Å²) in [4.78, 5) is 22.7. The van der Waals surface area contributed by atoms with E-state index in [1.807, 2.05) is 6.92 Å². The zero-order valence-electron chi connectivity index (χ0n) is 9.44. The third kappa shape index (κ3) is 1.45. The topological polar surface area (TPSA) is 72.2 Å². The molecule has 0 saturated heterocycles. The van der Waals surface area contributed by atoms with Crippen molar-refractivity contribution < 1.29 is 14.0 Å². The van der Waals surface area contributed by atoms with Crippen molar-refractivity contribution in [2.75, 3.05) is 0 Å². The average Bonchev–Trinajstić information content (AvgIpc) is 2.79. The molecule has 0 heterocycles. The van der Waals surface area contributed by atoms with Crippen LogP contribution in [0.15, 0.2) is 0 Å². The predicted octanol–water partition coefficient (Wildman–Crippen LogP) is 0.0114. The van der Waals surface area contributed by atoms with Gasteiger partial charge in [0.2, 0.25) is 5.91 Å². The van der Waals surface area contributed by atoms with Gasteiger partial charge in [0, 0.05) is 6.42 Å². The minimum atomic E-state index is -1.02. The van der Waals surface area contributed by atoms with Crippen LogP contribution in [0.5, 0.6) is 0 Å². The fraction of sp³-hybridized carbons (Fsp3) is 0.818.